The molecule has 0 fully saturated rings. The van der Waals surface area contributed by atoms with Gasteiger partial charge in [-0.15, -0.1) is 0 Å². The molecule has 0 heterocycles. The third-order valence-electron chi connectivity index (χ3n) is 3.41. The molecule has 2 N–H and O–H groups in total. The van der Waals surface area contributed by atoms with E-state index in [0.717, 1.165) is 12.1 Å². The van der Waals surface area contributed by atoms with Gasteiger partial charge < -0.3 is 10.2 Å². The first-order valence-corrected chi connectivity index (χ1v) is 7.13. The lowest BCUT2D eigenvalue weighted by Crippen LogP contribution is -2.04. The predicted octanol–water partition coefficient (Wildman–Crippen LogP) is 3.84. The van der Waals surface area contributed by atoms with Crippen LogP contribution in [0.3, 0.4) is 0 Å². The van der Waals surface area contributed by atoms with E-state index in [1.54, 1.807) is 0 Å². The Morgan fingerprint density at radius 3 is 2.33 bits per heavy atom. The van der Waals surface area contributed by atoms with E-state index in [-0.39, 0.29) is 24.6 Å². The lowest BCUT2D eigenvalue weighted by Gasteiger charge is -2.06. The Morgan fingerprint density at radius 2 is 1.75 bits per heavy atom. The van der Waals surface area contributed by atoms with Crippen LogP contribution >= 0.6 is 0 Å². The Kier molecular flexibility index (Phi) is 5.41. The maximum absolute atomic E-state index is 12.5. The first kappa shape index (κ1) is 17.7. The molecule has 0 aliphatic carbocycles. The number of rotatable bonds is 5. The van der Waals surface area contributed by atoms with Crippen molar-refractivity contribution < 1.29 is 28.2 Å². The number of hydrogen-bond donors (Lipinski definition) is 2. The summed E-state index contributed by atoms with van der Waals surface area (Å²) < 4.78 is 37.4. The summed E-state index contributed by atoms with van der Waals surface area (Å²) in [7, 11) is 0. The normalized spacial score (nSPS) is 11.8. The van der Waals surface area contributed by atoms with Crippen LogP contribution in [0.2, 0.25) is 0 Å². The van der Waals surface area contributed by atoms with Crippen molar-refractivity contribution in [3.8, 4) is 5.75 Å². The average Bonchev–Trinajstić information content (AvgIpc) is 2.54. The number of benzene rings is 2. The molecule has 0 aliphatic heterocycles. The lowest BCUT2D eigenvalue weighted by molar-refractivity contribution is -0.137. The van der Waals surface area contributed by atoms with Gasteiger partial charge in [0.1, 0.15) is 5.75 Å². The fourth-order valence-electron chi connectivity index (χ4n) is 2.11. The molecule has 0 bridgehead atoms. The quantitative estimate of drug-likeness (QED) is 0.644. The Hall–Kier alpha value is -2.60. The van der Waals surface area contributed by atoms with Gasteiger partial charge in [-0.25, -0.2) is 0 Å². The van der Waals surface area contributed by atoms with Crippen LogP contribution in [0.15, 0.2) is 48.5 Å². The van der Waals surface area contributed by atoms with Gasteiger partial charge in [-0.1, -0.05) is 18.2 Å². The number of allylic oxidation sites excluding steroid dienone is 1. The van der Waals surface area contributed by atoms with Crippen LogP contribution in [0.25, 0.3) is 6.08 Å². The van der Waals surface area contributed by atoms with Gasteiger partial charge in [0.15, 0.2) is 5.78 Å². The summed E-state index contributed by atoms with van der Waals surface area (Å²) in [5.74, 6) is -0.360. The van der Waals surface area contributed by atoms with Gasteiger partial charge in [-0.05, 0) is 54.0 Å². The standard InChI is InChI=1S/C18H15F3O3/c19-18(20,21)15-5-1-12(2-6-15)3-7-16(23)13-4-8-17(24)14(11-13)9-10-22/h1-8,11,22,24H,9-10H2. The molecular weight excluding hydrogens is 321 g/mol. The number of alkyl halides is 3. The van der Waals surface area contributed by atoms with Crippen molar-refractivity contribution in [3.63, 3.8) is 0 Å². The minimum Gasteiger partial charge on any atom is -0.508 e. The number of carbonyl (C=O) groups is 1. The molecule has 24 heavy (non-hydrogen) atoms. The Labute approximate surface area is 136 Å². The molecule has 0 saturated heterocycles. The topological polar surface area (TPSA) is 57.5 Å². The number of aliphatic hydroxyl groups is 1. The Balaban J connectivity index is 2.14. The van der Waals surface area contributed by atoms with Gasteiger partial charge in [-0.3, -0.25) is 4.79 Å². The highest BCUT2D eigenvalue weighted by molar-refractivity contribution is 6.07. The summed E-state index contributed by atoms with van der Waals surface area (Å²) in [5, 5.41) is 18.5. The second-order valence-electron chi connectivity index (χ2n) is 5.13. The molecule has 0 saturated carbocycles. The summed E-state index contributed by atoms with van der Waals surface area (Å²) in [6, 6.07) is 8.74. The number of aromatic hydroxyl groups is 1. The average molecular weight is 336 g/mol. The fraction of sp³-hybridized carbons (Fsp3) is 0.167. The second kappa shape index (κ2) is 7.31. The van der Waals surface area contributed by atoms with Crippen molar-refractivity contribution in [2.75, 3.05) is 6.61 Å². The zero-order valence-electron chi connectivity index (χ0n) is 12.5. The van der Waals surface area contributed by atoms with E-state index in [1.807, 2.05) is 0 Å². The lowest BCUT2D eigenvalue weighted by atomic mass is 10.0. The molecular formula is C18H15F3O3. The molecule has 0 unspecified atom stereocenters. The highest BCUT2D eigenvalue weighted by Crippen LogP contribution is 2.29. The van der Waals surface area contributed by atoms with E-state index in [4.69, 9.17) is 5.11 Å². The van der Waals surface area contributed by atoms with Crippen LogP contribution in [0.1, 0.15) is 27.0 Å². The largest absolute Gasteiger partial charge is 0.508 e. The highest BCUT2D eigenvalue weighted by atomic mass is 19.4. The van der Waals surface area contributed by atoms with Crippen molar-refractivity contribution in [3.05, 3.63) is 70.8 Å². The third kappa shape index (κ3) is 4.45. The molecule has 2 aromatic rings. The zero-order chi connectivity index (χ0) is 17.7. The zero-order valence-corrected chi connectivity index (χ0v) is 12.5. The van der Waals surface area contributed by atoms with Crippen molar-refractivity contribution in [1.29, 1.82) is 0 Å². The number of phenols is 1. The van der Waals surface area contributed by atoms with E-state index in [9.17, 15) is 23.1 Å². The fourth-order valence-corrected chi connectivity index (χ4v) is 2.11. The van der Waals surface area contributed by atoms with Crippen LogP contribution < -0.4 is 0 Å². The van der Waals surface area contributed by atoms with E-state index in [0.29, 0.717) is 16.7 Å². The molecule has 126 valence electrons. The van der Waals surface area contributed by atoms with Crippen LogP contribution in [-0.2, 0) is 12.6 Å². The van der Waals surface area contributed by atoms with E-state index in [2.05, 4.69) is 0 Å². The van der Waals surface area contributed by atoms with Crippen LogP contribution in [-0.4, -0.2) is 22.6 Å². The summed E-state index contributed by atoms with van der Waals surface area (Å²) in [6.45, 7) is -0.160. The SMILES string of the molecule is O=C(C=Cc1ccc(C(F)(F)F)cc1)c1ccc(O)c(CCO)c1. The number of phenolic OH excluding ortho intramolecular Hbond substituents is 1. The second-order valence-corrected chi connectivity index (χ2v) is 5.13. The number of halogens is 3. The monoisotopic (exact) mass is 336 g/mol. The molecule has 0 spiro atoms. The summed E-state index contributed by atoms with van der Waals surface area (Å²) in [6.07, 6.45) is -1.51. The molecule has 6 heteroatoms. The van der Waals surface area contributed by atoms with Crippen LogP contribution in [0.5, 0.6) is 5.75 Å². The molecule has 0 radical (unpaired) electrons. The molecule has 0 aliphatic rings. The molecule has 0 aromatic heterocycles. The van der Waals surface area contributed by atoms with E-state index < -0.39 is 11.7 Å². The Morgan fingerprint density at radius 1 is 1.08 bits per heavy atom. The molecule has 0 amide bonds. The van der Waals surface area contributed by atoms with Gasteiger partial charge in [0.2, 0.25) is 0 Å². The van der Waals surface area contributed by atoms with Gasteiger partial charge >= 0.3 is 6.18 Å². The minimum atomic E-state index is -4.40. The molecule has 2 rings (SSSR count). The maximum atomic E-state index is 12.5. The molecule has 0 atom stereocenters. The van der Waals surface area contributed by atoms with Crippen LogP contribution in [0, 0.1) is 0 Å². The van der Waals surface area contributed by atoms with Gasteiger partial charge in [0.25, 0.3) is 0 Å². The van der Waals surface area contributed by atoms with Crippen molar-refractivity contribution in [1.82, 2.24) is 0 Å². The number of carbonyl (C=O) groups excluding carboxylic acids is 1. The van der Waals surface area contributed by atoms with Gasteiger partial charge in [0, 0.05) is 12.2 Å². The number of ketones is 1. The predicted molar refractivity (Wildman–Crippen MR) is 83.7 cm³/mol. The third-order valence-corrected chi connectivity index (χ3v) is 3.41. The minimum absolute atomic E-state index is 0.00711. The van der Waals surface area contributed by atoms with Crippen molar-refractivity contribution >= 4 is 11.9 Å². The van der Waals surface area contributed by atoms with Gasteiger partial charge in [0.05, 0.1) is 5.56 Å². The summed E-state index contributed by atoms with van der Waals surface area (Å²) >= 11 is 0. The smallest absolute Gasteiger partial charge is 0.416 e. The number of aliphatic hydroxyl groups excluding tert-OH is 1. The molecule has 3 nitrogen and oxygen atoms in total. The van der Waals surface area contributed by atoms with Crippen molar-refractivity contribution in [2.24, 2.45) is 0 Å². The maximum Gasteiger partial charge on any atom is 0.416 e. The first-order chi connectivity index (χ1) is 11.3. The number of hydrogen-bond acceptors (Lipinski definition) is 3. The van der Waals surface area contributed by atoms with E-state index in [1.165, 1.54) is 42.5 Å². The van der Waals surface area contributed by atoms with Gasteiger partial charge in [-0.2, -0.15) is 13.2 Å². The summed E-state index contributed by atoms with van der Waals surface area (Å²) in [5.41, 5.74) is 0.481. The Bertz CT molecular complexity index is 747. The first-order valence-electron chi connectivity index (χ1n) is 7.13. The van der Waals surface area contributed by atoms with Crippen LogP contribution in [0.4, 0.5) is 13.2 Å². The van der Waals surface area contributed by atoms with Crippen molar-refractivity contribution in [2.45, 2.75) is 12.6 Å². The highest BCUT2D eigenvalue weighted by Gasteiger charge is 2.29. The van der Waals surface area contributed by atoms with E-state index >= 15 is 0 Å². The summed E-state index contributed by atoms with van der Waals surface area (Å²) in [4.78, 5) is 12.1. The molecule has 2 aromatic carbocycles.